The van der Waals surface area contributed by atoms with Crippen LogP contribution in [0, 0.1) is 11.3 Å². The fourth-order valence-electron chi connectivity index (χ4n) is 5.02. The maximum atomic E-state index is 13.0. The molecule has 196 valence electrons. The summed E-state index contributed by atoms with van der Waals surface area (Å²) in [6, 6.07) is 17.3. The second-order valence-electron chi connectivity index (χ2n) is 9.75. The Morgan fingerprint density at radius 3 is 2.58 bits per heavy atom. The number of hydrogen-bond donors (Lipinski definition) is 3. The molecule has 3 N–H and O–H groups in total. The van der Waals surface area contributed by atoms with Crippen LogP contribution >= 0.6 is 11.6 Å². The summed E-state index contributed by atoms with van der Waals surface area (Å²) >= 11 is 6.10. The summed E-state index contributed by atoms with van der Waals surface area (Å²) in [5.41, 5.74) is 3.87. The maximum Gasteiger partial charge on any atom is 0.227 e. The number of anilines is 2. The molecule has 1 atom stereocenters. The van der Waals surface area contributed by atoms with Crippen LogP contribution in [0.15, 0.2) is 66.9 Å². The van der Waals surface area contributed by atoms with Crippen LogP contribution in [0.2, 0.25) is 5.02 Å². The van der Waals surface area contributed by atoms with Crippen LogP contribution in [0.4, 0.5) is 11.5 Å². The van der Waals surface area contributed by atoms with Crippen molar-refractivity contribution >= 4 is 40.3 Å². The van der Waals surface area contributed by atoms with Gasteiger partial charge in [0.25, 0.3) is 0 Å². The maximum absolute atomic E-state index is 13.0. The molecule has 2 aromatic carbocycles. The molecule has 3 aromatic rings. The van der Waals surface area contributed by atoms with Crippen LogP contribution in [0.25, 0.3) is 5.57 Å². The number of amides is 1. The average molecular weight is 530 g/mol. The first-order valence-electron chi connectivity index (χ1n) is 13.2. The highest BCUT2D eigenvalue weighted by molar-refractivity contribution is 6.30. The summed E-state index contributed by atoms with van der Waals surface area (Å²) in [5.74, 6) is 0.963. The molecule has 1 fully saturated rings. The fraction of sp³-hybridized carbons (Fsp3) is 0.333. The Balaban J connectivity index is 1.43. The lowest BCUT2D eigenvalue weighted by atomic mass is 9.90. The molecule has 0 bridgehead atoms. The monoisotopic (exact) mass is 529 g/mol. The fourth-order valence-corrected chi connectivity index (χ4v) is 5.14. The molecule has 8 heteroatoms. The summed E-state index contributed by atoms with van der Waals surface area (Å²) in [6.45, 7) is 1.58. The van der Waals surface area contributed by atoms with E-state index in [1.807, 2.05) is 48.5 Å². The standard InChI is InChI=1S/C30H32ClN5O2/c31-24-12-10-21(11-13-24)27(32)25(20-6-2-1-3-7-20)18-33-29-26(35-30(37)23-8-4-5-9-23)19-34-28(36-29)22-14-16-38-17-15-22/h1-3,6-7,10-14,19,23,25,32H,4-5,8-9,15-18H2,(H,35,37)(H,33,34,36). The number of halogens is 1. The lowest BCUT2D eigenvalue weighted by Gasteiger charge is -2.22. The van der Waals surface area contributed by atoms with Crippen molar-refractivity contribution in [3.63, 3.8) is 0 Å². The number of hydrogen-bond acceptors (Lipinski definition) is 6. The molecule has 5 rings (SSSR count). The molecule has 0 saturated heterocycles. The minimum Gasteiger partial charge on any atom is -0.377 e. The predicted molar refractivity (Wildman–Crippen MR) is 152 cm³/mol. The number of nitrogens with one attached hydrogen (secondary N) is 3. The SMILES string of the molecule is N=C(c1ccc(Cl)cc1)C(CNc1nc(C2=CCOCC2)ncc1NC(=O)C1CCCC1)c1ccccc1. The Bertz CT molecular complexity index is 1300. The van der Waals surface area contributed by atoms with Gasteiger partial charge in [0.2, 0.25) is 5.91 Å². The Morgan fingerprint density at radius 1 is 1.11 bits per heavy atom. The molecule has 0 spiro atoms. The van der Waals surface area contributed by atoms with Crippen molar-refractivity contribution in [2.45, 2.75) is 38.0 Å². The third-order valence-electron chi connectivity index (χ3n) is 7.20. The Labute approximate surface area is 228 Å². The van der Waals surface area contributed by atoms with Gasteiger partial charge in [-0.15, -0.1) is 0 Å². The van der Waals surface area contributed by atoms with E-state index in [0.29, 0.717) is 47.8 Å². The molecule has 1 amide bonds. The highest BCUT2D eigenvalue weighted by Gasteiger charge is 2.25. The van der Waals surface area contributed by atoms with Gasteiger partial charge in [-0.2, -0.15) is 0 Å². The zero-order chi connectivity index (χ0) is 26.3. The highest BCUT2D eigenvalue weighted by atomic mass is 35.5. The second kappa shape index (κ2) is 12.3. The Morgan fingerprint density at radius 2 is 1.87 bits per heavy atom. The lowest BCUT2D eigenvalue weighted by Crippen LogP contribution is -2.25. The average Bonchev–Trinajstić information content (AvgIpc) is 3.51. The van der Waals surface area contributed by atoms with Gasteiger partial charge in [0.05, 0.1) is 19.4 Å². The van der Waals surface area contributed by atoms with E-state index in [4.69, 9.17) is 26.7 Å². The van der Waals surface area contributed by atoms with Gasteiger partial charge in [0.15, 0.2) is 11.6 Å². The summed E-state index contributed by atoms with van der Waals surface area (Å²) in [4.78, 5) is 22.4. The Kier molecular flexibility index (Phi) is 8.46. The zero-order valence-corrected chi connectivity index (χ0v) is 22.0. The first-order chi connectivity index (χ1) is 18.6. The van der Waals surface area contributed by atoms with Crippen LogP contribution in [-0.2, 0) is 9.53 Å². The first-order valence-corrected chi connectivity index (χ1v) is 13.5. The summed E-state index contributed by atoms with van der Waals surface area (Å²) in [6.07, 6.45) is 8.42. The predicted octanol–water partition coefficient (Wildman–Crippen LogP) is 6.33. The van der Waals surface area contributed by atoms with Gasteiger partial charge in [0.1, 0.15) is 5.69 Å². The van der Waals surface area contributed by atoms with Gasteiger partial charge in [-0.25, -0.2) is 9.97 Å². The van der Waals surface area contributed by atoms with Crippen molar-refractivity contribution in [3.8, 4) is 0 Å². The van der Waals surface area contributed by atoms with Gasteiger partial charge in [0, 0.05) is 29.1 Å². The van der Waals surface area contributed by atoms with Gasteiger partial charge in [-0.1, -0.05) is 73.0 Å². The Hall–Kier alpha value is -3.55. The molecule has 1 saturated carbocycles. The third kappa shape index (κ3) is 6.29. The number of benzene rings is 2. The van der Waals surface area contributed by atoms with E-state index in [0.717, 1.165) is 48.8 Å². The van der Waals surface area contributed by atoms with Crippen molar-refractivity contribution in [3.05, 3.63) is 88.8 Å². The zero-order valence-electron chi connectivity index (χ0n) is 21.3. The number of nitrogens with zero attached hydrogens (tertiary/aromatic N) is 2. The van der Waals surface area contributed by atoms with E-state index in [1.54, 1.807) is 18.3 Å². The summed E-state index contributed by atoms with van der Waals surface area (Å²) in [5, 5.41) is 16.2. The second-order valence-corrected chi connectivity index (χ2v) is 10.2. The van der Waals surface area contributed by atoms with E-state index in [2.05, 4.69) is 15.6 Å². The molecule has 38 heavy (non-hydrogen) atoms. The van der Waals surface area contributed by atoms with Crippen molar-refractivity contribution in [2.24, 2.45) is 5.92 Å². The van der Waals surface area contributed by atoms with Crippen molar-refractivity contribution < 1.29 is 9.53 Å². The smallest absolute Gasteiger partial charge is 0.227 e. The van der Waals surface area contributed by atoms with Gasteiger partial charge < -0.3 is 20.8 Å². The van der Waals surface area contributed by atoms with Crippen LogP contribution in [0.5, 0.6) is 0 Å². The molecule has 1 unspecified atom stereocenters. The lowest BCUT2D eigenvalue weighted by molar-refractivity contribution is -0.119. The minimum absolute atomic E-state index is 0.0145. The molecule has 1 aromatic heterocycles. The molecule has 2 heterocycles. The number of aromatic nitrogens is 2. The van der Waals surface area contributed by atoms with Gasteiger partial charge >= 0.3 is 0 Å². The van der Waals surface area contributed by atoms with Crippen LogP contribution < -0.4 is 10.6 Å². The quantitative estimate of drug-likeness (QED) is 0.281. The topological polar surface area (TPSA) is 100.0 Å². The van der Waals surface area contributed by atoms with E-state index < -0.39 is 0 Å². The van der Waals surface area contributed by atoms with Crippen molar-refractivity contribution in [2.75, 3.05) is 30.4 Å². The van der Waals surface area contributed by atoms with Gasteiger partial charge in [-0.05, 0) is 48.1 Å². The van der Waals surface area contributed by atoms with Crippen molar-refractivity contribution in [1.29, 1.82) is 5.41 Å². The first kappa shape index (κ1) is 26.1. The van der Waals surface area contributed by atoms with Gasteiger partial charge in [-0.3, -0.25) is 4.79 Å². The molecular formula is C30H32ClN5O2. The number of carbonyl (C=O) groups excluding carboxylic acids is 1. The molecule has 1 aliphatic carbocycles. The van der Waals surface area contributed by atoms with Crippen LogP contribution in [0.1, 0.15) is 55.0 Å². The molecule has 0 radical (unpaired) electrons. The number of carbonyl (C=O) groups is 1. The summed E-state index contributed by atoms with van der Waals surface area (Å²) in [7, 11) is 0. The largest absolute Gasteiger partial charge is 0.377 e. The highest BCUT2D eigenvalue weighted by Crippen LogP contribution is 2.30. The molecule has 2 aliphatic rings. The third-order valence-corrected chi connectivity index (χ3v) is 7.45. The summed E-state index contributed by atoms with van der Waals surface area (Å²) < 4.78 is 5.45. The van der Waals surface area contributed by atoms with E-state index in [-0.39, 0.29) is 17.7 Å². The van der Waals surface area contributed by atoms with E-state index in [1.165, 1.54) is 0 Å². The number of ether oxygens (including phenoxy) is 1. The molecule has 1 aliphatic heterocycles. The normalized spacial score (nSPS) is 16.5. The van der Waals surface area contributed by atoms with E-state index >= 15 is 0 Å². The van der Waals surface area contributed by atoms with E-state index in [9.17, 15) is 4.79 Å². The number of rotatable bonds is 9. The van der Waals surface area contributed by atoms with Crippen LogP contribution in [-0.4, -0.2) is 41.3 Å². The van der Waals surface area contributed by atoms with Crippen molar-refractivity contribution in [1.82, 2.24) is 9.97 Å². The molecule has 7 nitrogen and oxygen atoms in total. The molecular weight excluding hydrogens is 498 g/mol. The minimum atomic E-state index is -0.253. The van der Waals surface area contributed by atoms with Crippen LogP contribution in [0.3, 0.4) is 0 Å².